The first-order chi connectivity index (χ1) is 15.0. The normalized spacial score (nSPS) is 19.9. The van der Waals surface area contributed by atoms with Crippen LogP contribution in [0.3, 0.4) is 0 Å². The second kappa shape index (κ2) is 8.07. The summed E-state index contributed by atoms with van der Waals surface area (Å²) in [5.41, 5.74) is 3.87. The Labute approximate surface area is 185 Å². The number of amides is 4. The van der Waals surface area contributed by atoms with Crippen LogP contribution in [0.4, 0.5) is 9.93 Å². The first-order valence-electron chi connectivity index (χ1n) is 11.1. The van der Waals surface area contributed by atoms with Gasteiger partial charge in [0.05, 0.1) is 5.69 Å². The van der Waals surface area contributed by atoms with Crippen LogP contribution in [0, 0.1) is 0 Å². The van der Waals surface area contributed by atoms with Gasteiger partial charge in [0, 0.05) is 10.9 Å². The van der Waals surface area contributed by atoms with Crippen molar-refractivity contribution in [2.75, 3.05) is 11.9 Å². The van der Waals surface area contributed by atoms with E-state index in [0.29, 0.717) is 18.0 Å². The molecule has 2 N–H and O–H groups in total. The Morgan fingerprint density at radius 1 is 1.10 bits per heavy atom. The monoisotopic (exact) mass is 438 g/mol. The molecule has 5 rings (SSSR count). The molecule has 1 aromatic heterocycles. The second-order valence-corrected chi connectivity index (χ2v) is 9.60. The minimum absolute atomic E-state index is 0.277. The van der Waals surface area contributed by atoms with Crippen molar-refractivity contribution in [3.63, 3.8) is 0 Å². The SMILES string of the molecule is O=C(CN1C(=O)NC2(CCCCC2)C1=O)Nc1nc(-c2ccc3c(c2)CCCC3)cs1. The number of carbonyl (C=O) groups excluding carboxylic acids is 3. The average Bonchev–Trinajstić information content (AvgIpc) is 3.33. The van der Waals surface area contributed by atoms with Gasteiger partial charge in [0.25, 0.3) is 5.91 Å². The minimum atomic E-state index is -0.809. The van der Waals surface area contributed by atoms with E-state index in [-0.39, 0.29) is 12.5 Å². The fraction of sp³-hybridized carbons (Fsp3) is 0.478. The van der Waals surface area contributed by atoms with Gasteiger partial charge in [0.2, 0.25) is 5.91 Å². The third-order valence-electron chi connectivity index (χ3n) is 6.65. The summed E-state index contributed by atoms with van der Waals surface area (Å²) in [7, 11) is 0. The van der Waals surface area contributed by atoms with Crippen LogP contribution >= 0.6 is 11.3 Å². The molecule has 162 valence electrons. The third kappa shape index (κ3) is 3.84. The van der Waals surface area contributed by atoms with E-state index in [9.17, 15) is 14.4 Å². The number of rotatable bonds is 4. The number of aryl methyl sites for hydroxylation is 2. The summed E-state index contributed by atoms with van der Waals surface area (Å²) < 4.78 is 0. The number of aromatic nitrogens is 1. The maximum atomic E-state index is 12.8. The molecule has 8 heteroatoms. The highest BCUT2D eigenvalue weighted by Gasteiger charge is 2.51. The Morgan fingerprint density at radius 2 is 1.87 bits per heavy atom. The minimum Gasteiger partial charge on any atom is -0.323 e. The lowest BCUT2D eigenvalue weighted by molar-refractivity contribution is -0.134. The van der Waals surface area contributed by atoms with Gasteiger partial charge in [-0.05, 0) is 55.7 Å². The number of benzene rings is 1. The molecule has 2 heterocycles. The van der Waals surface area contributed by atoms with Gasteiger partial charge >= 0.3 is 6.03 Å². The zero-order valence-electron chi connectivity index (χ0n) is 17.4. The molecule has 3 aliphatic rings. The Hall–Kier alpha value is -2.74. The smallest absolute Gasteiger partial charge is 0.323 e. The van der Waals surface area contributed by atoms with E-state index in [2.05, 4.69) is 33.8 Å². The summed E-state index contributed by atoms with van der Waals surface area (Å²) in [5, 5.41) is 7.97. The summed E-state index contributed by atoms with van der Waals surface area (Å²) in [6, 6.07) is 5.99. The highest BCUT2D eigenvalue weighted by atomic mass is 32.1. The molecule has 0 radical (unpaired) electrons. The zero-order chi connectivity index (χ0) is 21.4. The van der Waals surface area contributed by atoms with Crippen LogP contribution in [0.25, 0.3) is 11.3 Å². The van der Waals surface area contributed by atoms with Gasteiger partial charge in [-0.1, -0.05) is 31.4 Å². The van der Waals surface area contributed by atoms with E-state index in [1.165, 1.54) is 35.3 Å². The second-order valence-electron chi connectivity index (χ2n) is 8.74. The van der Waals surface area contributed by atoms with E-state index < -0.39 is 17.5 Å². The van der Waals surface area contributed by atoms with Gasteiger partial charge in [-0.3, -0.25) is 14.5 Å². The summed E-state index contributed by atoms with van der Waals surface area (Å²) in [6.45, 7) is -0.291. The Balaban J connectivity index is 1.24. The van der Waals surface area contributed by atoms with Crippen LogP contribution in [0.15, 0.2) is 23.6 Å². The van der Waals surface area contributed by atoms with E-state index >= 15 is 0 Å². The molecular formula is C23H26N4O3S. The maximum Gasteiger partial charge on any atom is 0.325 e. The quantitative estimate of drug-likeness (QED) is 0.709. The molecular weight excluding hydrogens is 412 g/mol. The summed E-state index contributed by atoms with van der Waals surface area (Å²) in [5.74, 6) is -0.691. The van der Waals surface area contributed by atoms with Gasteiger partial charge in [-0.25, -0.2) is 9.78 Å². The van der Waals surface area contributed by atoms with Gasteiger partial charge in [0.1, 0.15) is 12.1 Å². The number of hydrogen-bond donors (Lipinski definition) is 2. The number of anilines is 1. The molecule has 2 fully saturated rings. The Morgan fingerprint density at radius 3 is 2.68 bits per heavy atom. The van der Waals surface area contributed by atoms with Crippen molar-refractivity contribution in [1.82, 2.24) is 15.2 Å². The predicted molar refractivity (Wildman–Crippen MR) is 119 cm³/mol. The molecule has 1 saturated carbocycles. The fourth-order valence-electron chi connectivity index (χ4n) is 4.97. The van der Waals surface area contributed by atoms with Crippen LogP contribution in [0.5, 0.6) is 0 Å². The number of imide groups is 1. The molecule has 1 aliphatic heterocycles. The van der Waals surface area contributed by atoms with E-state index in [0.717, 1.165) is 48.3 Å². The third-order valence-corrected chi connectivity index (χ3v) is 7.41. The number of thiazole rings is 1. The van der Waals surface area contributed by atoms with Crippen LogP contribution in [-0.2, 0) is 22.4 Å². The number of nitrogens with zero attached hydrogens (tertiary/aromatic N) is 2. The van der Waals surface area contributed by atoms with Crippen molar-refractivity contribution >= 4 is 34.3 Å². The first kappa shape index (κ1) is 20.2. The maximum absolute atomic E-state index is 12.8. The molecule has 2 aliphatic carbocycles. The molecule has 1 aromatic carbocycles. The van der Waals surface area contributed by atoms with E-state index in [1.807, 2.05) is 5.38 Å². The number of carbonyl (C=O) groups is 3. The zero-order valence-corrected chi connectivity index (χ0v) is 18.2. The van der Waals surface area contributed by atoms with Gasteiger partial charge in [-0.2, -0.15) is 0 Å². The first-order valence-corrected chi connectivity index (χ1v) is 11.9. The summed E-state index contributed by atoms with van der Waals surface area (Å²) in [4.78, 5) is 43.3. The Bertz CT molecular complexity index is 1040. The number of nitrogens with one attached hydrogen (secondary N) is 2. The topological polar surface area (TPSA) is 91.4 Å². The largest absolute Gasteiger partial charge is 0.325 e. The molecule has 4 amide bonds. The predicted octanol–water partition coefficient (Wildman–Crippen LogP) is 3.88. The van der Waals surface area contributed by atoms with Crippen LogP contribution in [0.1, 0.15) is 56.1 Å². The molecule has 2 aromatic rings. The van der Waals surface area contributed by atoms with Crippen LogP contribution in [-0.4, -0.2) is 39.8 Å². The highest BCUT2D eigenvalue weighted by Crippen LogP contribution is 2.34. The highest BCUT2D eigenvalue weighted by molar-refractivity contribution is 7.14. The van der Waals surface area contributed by atoms with Gasteiger partial charge in [-0.15, -0.1) is 11.3 Å². The number of fused-ring (bicyclic) bond motifs is 1. The van der Waals surface area contributed by atoms with Crippen molar-refractivity contribution < 1.29 is 14.4 Å². The van der Waals surface area contributed by atoms with Crippen molar-refractivity contribution in [2.45, 2.75) is 63.3 Å². The van der Waals surface area contributed by atoms with Crippen molar-refractivity contribution in [3.05, 3.63) is 34.7 Å². The Kier molecular flexibility index (Phi) is 5.25. The lowest BCUT2D eigenvalue weighted by Crippen LogP contribution is -2.48. The molecule has 0 unspecified atom stereocenters. The lowest BCUT2D eigenvalue weighted by Gasteiger charge is -2.30. The number of hydrogen-bond acceptors (Lipinski definition) is 5. The summed E-state index contributed by atoms with van der Waals surface area (Å²) in [6.07, 6.45) is 8.90. The lowest BCUT2D eigenvalue weighted by atomic mass is 9.82. The van der Waals surface area contributed by atoms with Crippen LogP contribution < -0.4 is 10.6 Å². The molecule has 7 nitrogen and oxygen atoms in total. The molecule has 31 heavy (non-hydrogen) atoms. The van der Waals surface area contributed by atoms with Crippen molar-refractivity contribution in [2.24, 2.45) is 0 Å². The number of urea groups is 1. The van der Waals surface area contributed by atoms with Crippen LogP contribution in [0.2, 0.25) is 0 Å². The van der Waals surface area contributed by atoms with Gasteiger partial charge < -0.3 is 10.6 Å². The standard InChI is InChI=1S/C23H26N4O3S/c28-19(13-27-20(29)23(26-22(27)30)10-4-1-5-11-23)25-21-24-18(14-31-21)17-9-8-15-6-2-3-7-16(15)12-17/h8-9,12,14H,1-7,10-11,13H2,(H,26,30)(H,24,25,28). The molecule has 1 spiro atoms. The van der Waals surface area contributed by atoms with E-state index in [1.54, 1.807) is 0 Å². The molecule has 0 bridgehead atoms. The fourth-order valence-corrected chi connectivity index (χ4v) is 5.71. The van der Waals surface area contributed by atoms with E-state index in [4.69, 9.17) is 0 Å². The summed E-state index contributed by atoms with van der Waals surface area (Å²) >= 11 is 1.34. The molecule has 0 atom stereocenters. The average molecular weight is 439 g/mol. The van der Waals surface area contributed by atoms with Crippen molar-refractivity contribution in [3.8, 4) is 11.3 Å². The van der Waals surface area contributed by atoms with Crippen molar-refractivity contribution in [1.29, 1.82) is 0 Å². The van der Waals surface area contributed by atoms with Gasteiger partial charge in [0.15, 0.2) is 5.13 Å². The molecule has 1 saturated heterocycles.